The Morgan fingerprint density at radius 1 is 1.33 bits per heavy atom. The molecule has 0 saturated heterocycles. The summed E-state index contributed by atoms with van der Waals surface area (Å²) in [5.74, 6) is -1.77. The Morgan fingerprint density at radius 2 is 2.00 bits per heavy atom. The van der Waals surface area contributed by atoms with Crippen molar-refractivity contribution in [1.29, 1.82) is 0 Å². The van der Waals surface area contributed by atoms with Gasteiger partial charge < -0.3 is 10.3 Å². The van der Waals surface area contributed by atoms with Gasteiger partial charge in [-0.3, -0.25) is 0 Å². The SMILES string of the molecule is CC(N)c1noc(C2CCCCC2C(F)(F)F)n1. The van der Waals surface area contributed by atoms with Crippen LogP contribution in [0.5, 0.6) is 0 Å². The molecule has 7 heteroatoms. The van der Waals surface area contributed by atoms with Crippen LogP contribution in [0.4, 0.5) is 13.2 Å². The number of aromatic nitrogens is 2. The number of halogens is 3. The fourth-order valence-electron chi connectivity index (χ4n) is 2.40. The topological polar surface area (TPSA) is 64.9 Å². The zero-order valence-corrected chi connectivity index (χ0v) is 10.1. The molecule has 1 aliphatic rings. The first-order chi connectivity index (χ1) is 8.39. The maximum Gasteiger partial charge on any atom is 0.392 e. The lowest BCUT2D eigenvalue weighted by Crippen LogP contribution is -2.31. The van der Waals surface area contributed by atoms with Gasteiger partial charge in [0.2, 0.25) is 5.89 Å². The van der Waals surface area contributed by atoms with Crippen molar-refractivity contribution in [2.45, 2.75) is 50.7 Å². The lowest BCUT2D eigenvalue weighted by molar-refractivity contribution is -0.189. The van der Waals surface area contributed by atoms with Gasteiger partial charge in [-0.25, -0.2) is 0 Å². The van der Waals surface area contributed by atoms with E-state index in [4.69, 9.17) is 10.3 Å². The maximum atomic E-state index is 12.9. The van der Waals surface area contributed by atoms with Crippen LogP contribution in [0.15, 0.2) is 4.52 Å². The van der Waals surface area contributed by atoms with Gasteiger partial charge in [0.15, 0.2) is 5.82 Å². The Hall–Kier alpha value is -1.11. The molecule has 3 unspecified atom stereocenters. The zero-order chi connectivity index (χ0) is 13.3. The van der Waals surface area contributed by atoms with Crippen LogP contribution in [-0.4, -0.2) is 16.3 Å². The highest BCUT2D eigenvalue weighted by atomic mass is 19.4. The second kappa shape index (κ2) is 4.87. The molecule has 0 spiro atoms. The number of hydrogen-bond donors (Lipinski definition) is 1. The molecule has 1 heterocycles. The summed E-state index contributed by atoms with van der Waals surface area (Å²) in [6.45, 7) is 1.66. The summed E-state index contributed by atoms with van der Waals surface area (Å²) < 4.78 is 43.7. The molecule has 0 bridgehead atoms. The molecule has 1 saturated carbocycles. The minimum absolute atomic E-state index is 0.0734. The molecule has 0 radical (unpaired) electrons. The lowest BCUT2D eigenvalue weighted by atomic mass is 9.78. The Labute approximate surface area is 103 Å². The van der Waals surface area contributed by atoms with Gasteiger partial charge in [-0.1, -0.05) is 18.0 Å². The van der Waals surface area contributed by atoms with E-state index in [1.807, 2.05) is 0 Å². The number of rotatable bonds is 2. The van der Waals surface area contributed by atoms with E-state index in [-0.39, 0.29) is 18.1 Å². The first-order valence-corrected chi connectivity index (χ1v) is 6.05. The first kappa shape index (κ1) is 13.3. The van der Waals surface area contributed by atoms with Gasteiger partial charge in [0.05, 0.1) is 12.0 Å². The van der Waals surface area contributed by atoms with Crippen LogP contribution in [0.25, 0.3) is 0 Å². The third kappa shape index (κ3) is 2.66. The summed E-state index contributed by atoms with van der Waals surface area (Å²) in [4.78, 5) is 3.99. The highest BCUT2D eigenvalue weighted by Gasteiger charge is 2.47. The van der Waals surface area contributed by atoms with E-state index in [1.165, 1.54) is 0 Å². The Bertz CT molecular complexity index is 402. The van der Waals surface area contributed by atoms with Crippen LogP contribution >= 0.6 is 0 Å². The summed E-state index contributed by atoms with van der Waals surface area (Å²) in [6, 6.07) is -0.435. The Kier molecular flexibility index (Phi) is 3.61. The molecule has 3 atom stereocenters. The molecule has 102 valence electrons. The number of nitrogens with two attached hydrogens (primary N) is 1. The lowest BCUT2D eigenvalue weighted by Gasteiger charge is -2.30. The molecule has 2 N–H and O–H groups in total. The largest absolute Gasteiger partial charge is 0.392 e. The van der Waals surface area contributed by atoms with Crippen molar-refractivity contribution in [1.82, 2.24) is 10.1 Å². The quantitative estimate of drug-likeness (QED) is 0.891. The van der Waals surface area contributed by atoms with Crippen molar-refractivity contribution in [3.63, 3.8) is 0 Å². The van der Waals surface area contributed by atoms with Gasteiger partial charge in [0, 0.05) is 5.92 Å². The summed E-state index contributed by atoms with van der Waals surface area (Å²) in [5, 5.41) is 3.63. The van der Waals surface area contributed by atoms with E-state index in [1.54, 1.807) is 6.92 Å². The van der Waals surface area contributed by atoms with E-state index in [0.717, 1.165) is 6.42 Å². The second-order valence-electron chi connectivity index (χ2n) is 4.82. The summed E-state index contributed by atoms with van der Waals surface area (Å²) in [6.07, 6.45) is -2.30. The second-order valence-corrected chi connectivity index (χ2v) is 4.82. The van der Waals surface area contributed by atoms with Gasteiger partial charge in [-0.05, 0) is 19.8 Å². The Morgan fingerprint density at radius 3 is 2.56 bits per heavy atom. The maximum absolute atomic E-state index is 12.9. The summed E-state index contributed by atoms with van der Waals surface area (Å²) in [7, 11) is 0. The van der Waals surface area contributed by atoms with Crippen LogP contribution in [0.2, 0.25) is 0 Å². The van der Waals surface area contributed by atoms with Gasteiger partial charge in [0.25, 0.3) is 0 Å². The van der Waals surface area contributed by atoms with Crippen molar-refractivity contribution < 1.29 is 17.7 Å². The molecular formula is C11H16F3N3O. The van der Waals surface area contributed by atoms with Crippen LogP contribution in [0.3, 0.4) is 0 Å². The molecule has 0 amide bonds. The normalized spacial score (nSPS) is 27.2. The van der Waals surface area contributed by atoms with Gasteiger partial charge >= 0.3 is 6.18 Å². The van der Waals surface area contributed by atoms with E-state index >= 15 is 0 Å². The van der Waals surface area contributed by atoms with Crippen LogP contribution in [-0.2, 0) is 0 Å². The summed E-state index contributed by atoms with van der Waals surface area (Å²) in [5.41, 5.74) is 5.57. The molecule has 0 aliphatic heterocycles. The minimum Gasteiger partial charge on any atom is -0.339 e. The minimum atomic E-state index is -4.21. The van der Waals surface area contributed by atoms with Gasteiger partial charge in [-0.15, -0.1) is 0 Å². The molecular weight excluding hydrogens is 247 g/mol. The van der Waals surface area contributed by atoms with E-state index in [9.17, 15) is 13.2 Å². The standard InChI is InChI=1S/C11H16F3N3O/c1-6(15)9-16-10(18-17-9)7-4-2-3-5-8(7)11(12,13)14/h6-8H,2-5,15H2,1H3. The molecule has 18 heavy (non-hydrogen) atoms. The third-order valence-electron chi connectivity index (χ3n) is 3.37. The average Bonchev–Trinajstić information content (AvgIpc) is 2.77. The van der Waals surface area contributed by atoms with Crippen molar-refractivity contribution in [3.8, 4) is 0 Å². The van der Waals surface area contributed by atoms with E-state index in [2.05, 4.69) is 10.1 Å². The number of alkyl halides is 3. The highest BCUT2D eigenvalue weighted by molar-refractivity contribution is 5.02. The molecule has 0 aromatic carbocycles. The molecule has 1 fully saturated rings. The van der Waals surface area contributed by atoms with E-state index in [0.29, 0.717) is 12.8 Å². The van der Waals surface area contributed by atoms with Crippen LogP contribution in [0.1, 0.15) is 56.3 Å². The van der Waals surface area contributed by atoms with Gasteiger partial charge in [0.1, 0.15) is 0 Å². The van der Waals surface area contributed by atoms with E-state index < -0.39 is 24.1 Å². The fourth-order valence-corrected chi connectivity index (χ4v) is 2.40. The third-order valence-corrected chi connectivity index (χ3v) is 3.37. The fraction of sp³-hybridized carbons (Fsp3) is 0.818. The molecule has 2 rings (SSSR count). The zero-order valence-electron chi connectivity index (χ0n) is 10.1. The smallest absolute Gasteiger partial charge is 0.339 e. The monoisotopic (exact) mass is 263 g/mol. The van der Waals surface area contributed by atoms with Crippen LogP contribution in [0, 0.1) is 5.92 Å². The Balaban J connectivity index is 2.22. The highest BCUT2D eigenvalue weighted by Crippen LogP contribution is 2.45. The van der Waals surface area contributed by atoms with Crippen molar-refractivity contribution in [3.05, 3.63) is 11.7 Å². The number of nitrogens with zero attached hydrogens (tertiary/aromatic N) is 2. The average molecular weight is 263 g/mol. The molecule has 1 aliphatic carbocycles. The van der Waals surface area contributed by atoms with Crippen molar-refractivity contribution in [2.24, 2.45) is 11.7 Å². The van der Waals surface area contributed by atoms with Gasteiger partial charge in [-0.2, -0.15) is 18.2 Å². The van der Waals surface area contributed by atoms with Crippen molar-refractivity contribution in [2.75, 3.05) is 0 Å². The molecule has 1 aromatic rings. The molecule has 1 aromatic heterocycles. The summed E-state index contributed by atoms with van der Waals surface area (Å²) >= 11 is 0. The predicted octanol–water partition coefficient (Wildman–Crippen LogP) is 2.93. The molecule has 4 nitrogen and oxygen atoms in total. The van der Waals surface area contributed by atoms with Crippen molar-refractivity contribution >= 4 is 0 Å². The predicted molar refractivity (Wildman–Crippen MR) is 57.7 cm³/mol. The number of hydrogen-bond acceptors (Lipinski definition) is 4. The first-order valence-electron chi connectivity index (χ1n) is 6.05. The van der Waals surface area contributed by atoms with Crippen LogP contribution < -0.4 is 5.73 Å².